The smallest absolute Gasteiger partial charge is 0.243 e. The lowest BCUT2D eigenvalue weighted by molar-refractivity contribution is -0.141. The van der Waals surface area contributed by atoms with E-state index in [1.165, 1.54) is 16.3 Å². The molecule has 2 aromatic rings. The lowest BCUT2D eigenvalue weighted by Gasteiger charge is -2.32. The quantitative estimate of drug-likeness (QED) is 0.333. The van der Waals surface area contributed by atoms with Crippen molar-refractivity contribution in [3.8, 4) is 5.75 Å². The van der Waals surface area contributed by atoms with Crippen LogP contribution in [0.5, 0.6) is 5.75 Å². The number of amides is 2. The standard InChI is InChI=1S/C28H37Cl2N3O5S/c1-4-26(28(35)31-20-10-5-6-11-20)32(19-23-24(29)14-8-15-25(23)30)27(34)16-9-17-33(39(3,36)37)21-12-7-13-22(18-21)38-2/h7-8,12-15,18,20,26H,4-6,9-11,16-17,19H2,1-3H3,(H,31,35). The van der Waals surface area contributed by atoms with Crippen LogP contribution in [-0.2, 0) is 26.2 Å². The SMILES string of the molecule is CCC(C(=O)NC1CCCC1)N(Cc1c(Cl)cccc1Cl)C(=O)CCCN(c1cccc(OC)c1)S(C)(=O)=O. The van der Waals surface area contributed by atoms with Gasteiger partial charge in [-0.3, -0.25) is 13.9 Å². The minimum Gasteiger partial charge on any atom is -0.497 e. The molecule has 11 heteroatoms. The zero-order valence-corrected chi connectivity index (χ0v) is 25.0. The average Bonchev–Trinajstić information content (AvgIpc) is 3.40. The van der Waals surface area contributed by atoms with E-state index < -0.39 is 16.1 Å². The molecule has 0 radical (unpaired) electrons. The highest BCUT2D eigenvalue weighted by molar-refractivity contribution is 7.92. The Bertz CT molecular complexity index is 1230. The summed E-state index contributed by atoms with van der Waals surface area (Å²) in [6.45, 7) is 2.02. The van der Waals surface area contributed by atoms with Gasteiger partial charge in [0.05, 0.1) is 19.1 Å². The molecule has 214 valence electrons. The monoisotopic (exact) mass is 597 g/mol. The molecule has 1 aliphatic rings. The average molecular weight is 599 g/mol. The van der Waals surface area contributed by atoms with Gasteiger partial charge in [-0.25, -0.2) is 8.42 Å². The summed E-state index contributed by atoms with van der Waals surface area (Å²) >= 11 is 12.9. The van der Waals surface area contributed by atoms with Crippen molar-refractivity contribution in [2.45, 2.75) is 70.5 Å². The first-order chi connectivity index (χ1) is 18.5. The Kier molecular flexibility index (Phi) is 11.3. The van der Waals surface area contributed by atoms with Gasteiger partial charge in [0, 0.05) is 47.2 Å². The predicted octanol–water partition coefficient (Wildman–Crippen LogP) is 5.41. The first-order valence-corrected chi connectivity index (χ1v) is 15.8. The Morgan fingerprint density at radius 1 is 1.10 bits per heavy atom. The highest BCUT2D eigenvalue weighted by Crippen LogP contribution is 2.28. The lowest BCUT2D eigenvalue weighted by atomic mass is 10.1. The highest BCUT2D eigenvalue weighted by atomic mass is 35.5. The molecule has 0 saturated heterocycles. The van der Waals surface area contributed by atoms with Crippen LogP contribution in [0.3, 0.4) is 0 Å². The Labute approximate surface area is 241 Å². The second-order valence-electron chi connectivity index (χ2n) is 9.78. The largest absolute Gasteiger partial charge is 0.497 e. The van der Waals surface area contributed by atoms with Gasteiger partial charge in [-0.05, 0) is 49.9 Å². The number of carbonyl (C=O) groups excluding carboxylic acids is 2. The van der Waals surface area contributed by atoms with Crippen LogP contribution >= 0.6 is 23.2 Å². The van der Waals surface area contributed by atoms with Crippen LogP contribution < -0.4 is 14.4 Å². The minimum absolute atomic E-state index is 0.0330. The molecule has 1 N–H and O–H groups in total. The molecule has 39 heavy (non-hydrogen) atoms. The zero-order valence-electron chi connectivity index (χ0n) is 22.7. The van der Waals surface area contributed by atoms with Gasteiger partial charge in [0.1, 0.15) is 11.8 Å². The third-order valence-electron chi connectivity index (χ3n) is 6.97. The molecule has 1 fully saturated rings. The van der Waals surface area contributed by atoms with Gasteiger partial charge in [0.15, 0.2) is 0 Å². The molecule has 2 aromatic carbocycles. The van der Waals surface area contributed by atoms with E-state index in [2.05, 4.69) is 5.32 Å². The maximum Gasteiger partial charge on any atom is 0.243 e. The molecule has 0 aliphatic heterocycles. The molecular weight excluding hydrogens is 561 g/mol. The predicted molar refractivity (Wildman–Crippen MR) is 156 cm³/mol. The number of anilines is 1. The first-order valence-electron chi connectivity index (χ1n) is 13.2. The summed E-state index contributed by atoms with van der Waals surface area (Å²) in [5.41, 5.74) is 1.02. The van der Waals surface area contributed by atoms with E-state index in [1.807, 2.05) is 6.92 Å². The van der Waals surface area contributed by atoms with E-state index in [0.717, 1.165) is 31.9 Å². The van der Waals surface area contributed by atoms with Gasteiger partial charge in [0.25, 0.3) is 0 Å². The van der Waals surface area contributed by atoms with Gasteiger partial charge >= 0.3 is 0 Å². The summed E-state index contributed by atoms with van der Waals surface area (Å²) in [5, 5.41) is 3.93. The topological polar surface area (TPSA) is 96.0 Å². The maximum atomic E-state index is 13.7. The van der Waals surface area contributed by atoms with E-state index in [4.69, 9.17) is 27.9 Å². The number of halogens is 2. The summed E-state index contributed by atoms with van der Waals surface area (Å²) in [7, 11) is -2.11. The fourth-order valence-corrected chi connectivity index (χ4v) is 6.38. The summed E-state index contributed by atoms with van der Waals surface area (Å²) in [6, 6.07) is 11.3. The minimum atomic E-state index is -3.61. The number of hydrogen-bond donors (Lipinski definition) is 1. The summed E-state index contributed by atoms with van der Waals surface area (Å²) in [5.74, 6) is 0.0488. The molecular formula is C28H37Cl2N3O5S. The number of methoxy groups -OCH3 is 1. The van der Waals surface area contributed by atoms with Gasteiger partial charge in [0.2, 0.25) is 21.8 Å². The van der Waals surface area contributed by atoms with Crippen molar-refractivity contribution in [3.05, 3.63) is 58.1 Å². The molecule has 1 aliphatic carbocycles. The number of benzene rings is 2. The Hall–Kier alpha value is -2.49. The van der Waals surface area contributed by atoms with Crippen LogP contribution in [0.25, 0.3) is 0 Å². The van der Waals surface area contributed by atoms with Crippen LogP contribution in [0.1, 0.15) is 57.4 Å². The number of hydrogen-bond acceptors (Lipinski definition) is 5. The van der Waals surface area contributed by atoms with E-state index in [1.54, 1.807) is 42.5 Å². The Balaban J connectivity index is 1.80. The normalized spacial score (nSPS) is 14.6. The molecule has 3 rings (SSSR count). The van der Waals surface area contributed by atoms with Crippen molar-refractivity contribution in [2.75, 3.05) is 24.2 Å². The van der Waals surface area contributed by atoms with Crippen LogP contribution in [0.4, 0.5) is 5.69 Å². The van der Waals surface area contributed by atoms with Crippen molar-refractivity contribution in [3.63, 3.8) is 0 Å². The van der Waals surface area contributed by atoms with E-state index >= 15 is 0 Å². The summed E-state index contributed by atoms with van der Waals surface area (Å²) < 4.78 is 31.6. The van der Waals surface area contributed by atoms with Crippen LogP contribution in [0, 0.1) is 0 Å². The molecule has 0 spiro atoms. The summed E-state index contributed by atoms with van der Waals surface area (Å²) in [4.78, 5) is 28.5. The third kappa shape index (κ3) is 8.50. The molecule has 8 nitrogen and oxygen atoms in total. The molecule has 0 bridgehead atoms. The van der Waals surface area contributed by atoms with Crippen molar-refractivity contribution < 1.29 is 22.7 Å². The highest BCUT2D eigenvalue weighted by Gasteiger charge is 2.31. The molecule has 0 heterocycles. The molecule has 1 unspecified atom stereocenters. The second-order valence-corrected chi connectivity index (χ2v) is 12.5. The number of carbonyl (C=O) groups is 2. The van der Waals surface area contributed by atoms with E-state index in [0.29, 0.717) is 33.5 Å². The second kappa shape index (κ2) is 14.2. The summed E-state index contributed by atoms with van der Waals surface area (Å²) in [6.07, 6.45) is 5.82. The van der Waals surface area contributed by atoms with Crippen LogP contribution in [-0.4, -0.2) is 57.1 Å². The van der Waals surface area contributed by atoms with Gasteiger partial charge in [-0.15, -0.1) is 0 Å². The van der Waals surface area contributed by atoms with Crippen molar-refractivity contribution >= 4 is 50.7 Å². The van der Waals surface area contributed by atoms with Crippen molar-refractivity contribution in [2.24, 2.45) is 0 Å². The van der Waals surface area contributed by atoms with Gasteiger partial charge in [-0.1, -0.05) is 55.1 Å². The van der Waals surface area contributed by atoms with E-state index in [-0.39, 0.29) is 43.8 Å². The molecule has 1 atom stereocenters. The third-order valence-corrected chi connectivity index (χ3v) is 8.87. The molecule has 2 amide bonds. The number of nitrogens with zero attached hydrogens (tertiary/aromatic N) is 2. The first kappa shape index (κ1) is 31.0. The maximum absolute atomic E-state index is 13.7. The number of ether oxygens (including phenoxy) is 1. The van der Waals surface area contributed by atoms with Crippen LogP contribution in [0.2, 0.25) is 10.0 Å². The van der Waals surface area contributed by atoms with E-state index in [9.17, 15) is 18.0 Å². The van der Waals surface area contributed by atoms with Crippen molar-refractivity contribution in [1.82, 2.24) is 10.2 Å². The fourth-order valence-electron chi connectivity index (χ4n) is 4.91. The van der Waals surface area contributed by atoms with Gasteiger partial charge in [-0.2, -0.15) is 0 Å². The van der Waals surface area contributed by atoms with Crippen molar-refractivity contribution in [1.29, 1.82) is 0 Å². The number of sulfonamides is 1. The Morgan fingerprint density at radius 3 is 2.33 bits per heavy atom. The molecule has 1 saturated carbocycles. The Morgan fingerprint density at radius 2 is 1.74 bits per heavy atom. The fraction of sp³-hybridized carbons (Fsp3) is 0.500. The van der Waals surface area contributed by atoms with Gasteiger partial charge < -0.3 is 15.0 Å². The number of nitrogens with one attached hydrogen (secondary N) is 1. The van der Waals surface area contributed by atoms with Crippen LogP contribution in [0.15, 0.2) is 42.5 Å². The zero-order chi connectivity index (χ0) is 28.6. The number of rotatable bonds is 13. The molecule has 0 aromatic heterocycles. The lowest BCUT2D eigenvalue weighted by Crippen LogP contribution is -2.51.